The minimum atomic E-state index is -0.950. The quantitative estimate of drug-likeness (QED) is 0.779. The molecule has 6 heteroatoms. The first-order chi connectivity index (χ1) is 9.19. The Morgan fingerprint density at radius 3 is 2.50 bits per heavy atom. The van der Waals surface area contributed by atoms with Crippen molar-refractivity contribution in [3.05, 3.63) is 28.5 Å². The molecule has 0 bridgehead atoms. The topological polar surface area (TPSA) is 18.5 Å². The molecule has 20 heavy (non-hydrogen) atoms. The molecule has 0 unspecified atom stereocenters. The maximum Gasteiger partial charge on any atom is 0.494 e. The van der Waals surface area contributed by atoms with E-state index in [-0.39, 0.29) is 16.0 Å². The van der Waals surface area contributed by atoms with Crippen molar-refractivity contribution in [2.75, 3.05) is 6.61 Å². The van der Waals surface area contributed by atoms with Crippen LogP contribution in [-0.2, 0) is 16.0 Å². The summed E-state index contributed by atoms with van der Waals surface area (Å²) in [4.78, 5) is 0. The highest BCUT2D eigenvalue weighted by molar-refractivity contribution is 6.62. The summed E-state index contributed by atoms with van der Waals surface area (Å²) in [5, 5.41) is -0.100. The molecule has 1 aliphatic rings. The van der Waals surface area contributed by atoms with Crippen molar-refractivity contribution in [2.24, 2.45) is 5.41 Å². The summed E-state index contributed by atoms with van der Waals surface area (Å²) in [5.74, 6) is -0.749. The second-order valence-electron chi connectivity index (χ2n) is 6.22. The molecule has 0 N–H and O–H groups in total. The molecule has 1 aliphatic heterocycles. The lowest BCUT2D eigenvalue weighted by Gasteiger charge is -2.47. The molecule has 0 aliphatic carbocycles. The fraction of sp³-hybridized carbons (Fsp3) is 0.571. The molecule has 2 rings (SSSR count). The van der Waals surface area contributed by atoms with E-state index in [0.29, 0.717) is 12.1 Å². The van der Waals surface area contributed by atoms with Gasteiger partial charge in [-0.2, -0.15) is 0 Å². The average Bonchev–Trinajstić information content (AvgIpc) is 2.36. The Bertz CT molecular complexity index is 520. The Morgan fingerprint density at radius 2 is 1.95 bits per heavy atom. The van der Waals surface area contributed by atoms with Gasteiger partial charge < -0.3 is 9.31 Å². The maximum atomic E-state index is 13.9. The second-order valence-corrected chi connectivity index (χ2v) is 6.62. The first kappa shape index (κ1) is 15.7. The number of alkyl halides is 1. The predicted molar refractivity (Wildman–Crippen MR) is 76.5 cm³/mol. The molecule has 0 atom stereocenters. The summed E-state index contributed by atoms with van der Waals surface area (Å²) >= 11 is 5.68. The van der Waals surface area contributed by atoms with Crippen LogP contribution in [0.1, 0.15) is 33.3 Å². The minimum absolute atomic E-state index is 0.0991. The van der Waals surface area contributed by atoms with E-state index in [4.69, 9.17) is 20.9 Å². The van der Waals surface area contributed by atoms with Crippen LogP contribution in [0.25, 0.3) is 0 Å². The van der Waals surface area contributed by atoms with Crippen LogP contribution in [0.5, 0.6) is 0 Å². The molecule has 1 aromatic rings. The van der Waals surface area contributed by atoms with Gasteiger partial charge in [-0.25, -0.2) is 8.78 Å². The van der Waals surface area contributed by atoms with Gasteiger partial charge in [-0.05, 0) is 25.4 Å². The van der Waals surface area contributed by atoms with E-state index >= 15 is 0 Å². The number of benzene rings is 1. The normalized spacial score (nSPS) is 21.1. The molecule has 1 fully saturated rings. The molecule has 0 aromatic heterocycles. The number of hydrogen-bond acceptors (Lipinski definition) is 2. The number of rotatable bonds is 2. The van der Waals surface area contributed by atoms with E-state index < -0.39 is 25.2 Å². The molecular formula is C14H18BClF2O2. The summed E-state index contributed by atoms with van der Waals surface area (Å²) in [6.07, 6.45) is 0. The van der Waals surface area contributed by atoms with Crippen molar-refractivity contribution in [3.8, 4) is 0 Å². The van der Waals surface area contributed by atoms with Crippen molar-refractivity contribution in [3.63, 3.8) is 0 Å². The highest BCUT2D eigenvalue weighted by Crippen LogP contribution is 2.38. The van der Waals surface area contributed by atoms with Crippen LogP contribution in [0, 0.1) is 11.2 Å². The maximum absolute atomic E-state index is 13.9. The molecular weight excluding hydrogens is 284 g/mol. The fourth-order valence-electron chi connectivity index (χ4n) is 2.04. The molecule has 0 saturated carbocycles. The summed E-state index contributed by atoms with van der Waals surface area (Å²) in [7, 11) is -0.782. The molecule has 2 nitrogen and oxygen atoms in total. The summed E-state index contributed by atoms with van der Waals surface area (Å²) in [6, 6.07) is 2.95. The predicted octanol–water partition coefficient (Wildman–Crippen LogP) is 3.50. The van der Waals surface area contributed by atoms with Gasteiger partial charge in [0.2, 0.25) is 0 Å². The Labute approximate surface area is 123 Å². The first-order valence-corrected chi connectivity index (χ1v) is 6.89. The molecule has 0 radical (unpaired) electrons. The van der Waals surface area contributed by atoms with E-state index in [1.165, 1.54) is 6.07 Å². The standard InChI is InChI=1S/C14H18BClF2O2/c1-13(2)8-19-15(20-14(13,3)4)10-5-6-11(16)12(18)9(10)7-17/h5-6H,7-8H2,1-4H3. The largest absolute Gasteiger partial charge is 0.494 e. The van der Waals surface area contributed by atoms with Crippen molar-refractivity contribution in [1.29, 1.82) is 0 Å². The van der Waals surface area contributed by atoms with Gasteiger partial charge in [0.15, 0.2) is 0 Å². The van der Waals surface area contributed by atoms with Crippen LogP contribution in [0.15, 0.2) is 12.1 Å². The van der Waals surface area contributed by atoms with Gasteiger partial charge >= 0.3 is 7.12 Å². The van der Waals surface area contributed by atoms with Crippen molar-refractivity contribution >= 4 is 24.2 Å². The van der Waals surface area contributed by atoms with Crippen LogP contribution in [0.3, 0.4) is 0 Å². The molecule has 1 saturated heterocycles. The Hall–Kier alpha value is -0.645. The third-order valence-electron chi connectivity index (χ3n) is 4.25. The molecule has 1 aromatic carbocycles. The fourth-order valence-corrected chi connectivity index (χ4v) is 2.21. The van der Waals surface area contributed by atoms with Crippen molar-refractivity contribution < 1.29 is 18.1 Å². The lowest BCUT2D eigenvalue weighted by atomic mass is 9.68. The summed E-state index contributed by atoms with van der Waals surface area (Å²) in [5.41, 5.74) is -0.403. The van der Waals surface area contributed by atoms with E-state index in [1.807, 2.05) is 27.7 Å². The lowest BCUT2D eigenvalue weighted by Crippen LogP contribution is -2.58. The second kappa shape index (κ2) is 5.28. The van der Waals surface area contributed by atoms with E-state index in [2.05, 4.69) is 0 Å². The average molecular weight is 303 g/mol. The van der Waals surface area contributed by atoms with Crippen LogP contribution in [-0.4, -0.2) is 19.3 Å². The first-order valence-electron chi connectivity index (χ1n) is 6.52. The zero-order valence-electron chi connectivity index (χ0n) is 12.1. The van der Waals surface area contributed by atoms with Gasteiger partial charge in [-0.1, -0.05) is 31.5 Å². The van der Waals surface area contributed by atoms with Gasteiger partial charge in [0, 0.05) is 17.6 Å². The van der Waals surface area contributed by atoms with E-state index in [0.717, 1.165) is 0 Å². The highest BCUT2D eigenvalue weighted by atomic mass is 35.5. The smallest absolute Gasteiger partial charge is 0.407 e. The zero-order chi connectivity index (χ0) is 15.1. The minimum Gasteiger partial charge on any atom is -0.407 e. The summed E-state index contributed by atoms with van der Waals surface area (Å²) in [6.45, 7) is 7.45. The highest BCUT2D eigenvalue weighted by Gasteiger charge is 2.47. The Morgan fingerprint density at radius 1 is 1.30 bits per heavy atom. The summed E-state index contributed by atoms with van der Waals surface area (Å²) < 4.78 is 38.6. The van der Waals surface area contributed by atoms with Gasteiger partial charge in [0.25, 0.3) is 0 Å². The molecule has 1 heterocycles. The molecule has 0 spiro atoms. The van der Waals surface area contributed by atoms with Gasteiger partial charge in [-0.15, -0.1) is 0 Å². The van der Waals surface area contributed by atoms with Crippen molar-refractivity contribution in [1.82, 2.24) is 0 Å². The van der Waals surface area contributed by atoms with Gasteiger partial charge in [-0.3, -0.25) is 0 Å². The Balaban J connectivity index is 2.37. The molecule has 110 valence electrons. The van der Waals surface area contributed by atoms with Gasteiger partial charge in [0.1, 0.15) is 12.5 Å². The van der Waals surface area contributed by atoms with Crippen molar-refractivity contribution in [2.45, 2.75) is 40.0 Å². The van der Waals surface area contributed by atoms with Gasteiger partial charge in [0.05, 0.1) is 10.6 Å². The third-order valence-corrected chi connectivity index (χ3v) is 4.54. The number of hydrogen-bond donors (Lipinski definition) is 0. The van der Waals surface area contributed by atoms with E-state index in [9.17, 15) is 8.78 Å². The van der Waals surface area contributed by atoms with Crippen LogP contribution in [0.2, 0.25) is 5.02 Å². The molecule has 0 amide bonds. The Kier molecular flexibility index (Phi) is 4.16. The van der Waals surface area contributed by atoms with Crippen LogP contribution < -0.4 is 5.46 Å². The zero-order valence-corrected chi connectivity index (χ0v) is 12.9. The van der Waals surface area contributed by atoms with E-state index in [1.54, 1.807) is 6.07 Å². The monoisotopic (exact) mass is 302 g/mol. The van der Waals surface area contributed by atoms with Crippen LogP contribution >= 0.6 is 11.6 Å². The number of halogens is 3. The lowest BCUT2D eigenvalue weighted by molar-refractivity contribution is -0.0938. The van der Waals surface area contributed by atoms with Crippen LogP contribution in [0.4, 0.5) is 8.78 Å². The SMILES string of the molecule is CC1(C)COB(c2ccc(Cl)c(F)c2CF)OC1(C)C. The third kappa shape index (κ3) is 2.59.